The molecule has 0 N–H and O–H groups in total. The van der Waals surface area contributed by atoms with Gasteiger partial charge in [-0.15, -0.1) is 0 Å². The van der Waals surface area contributed by atoms with Gasteiger partial charge in [0.05, 0.1) is 11.7 Å². The first-order valence-electron chi connectivity index (χ1n) is 10.1. The van der Waals surface area contributed by atoms with E-state index in [1.165, 1.54) is 0 Å². The highest BCUT2D eigenvalue weighted by molar-refractivity contribution is 6.30. The molecule has 4 rings (SSSR count). The third-order valence-corrected chi connectivity index (χ3v) is 5.63. The van der Waals surface area contributed by atoms with Crippen LogP contribution in [-0.4, -0.2) is 51.2 Å². The van der Waals surface area contributed by atoms with Crippen molar-refractivity contribution >= 4 is 23.5 Å². The Hall–Kier alpha value is -2.93. The maximum atomic E-state index is 13.3. The van der Waals surface area contributed by atoms with Crippen LogP contribution in [0.15, 0.2) is 42.7 Å². The predicted octanol–water partition coefficient (Wildman–Crippen LogP) is 4.06. The number of carbonyl (C=O) groups excluding carboxylic acids is 1. The van der Waals surface area contributed by atoms with Crippen LogP contribution in [0.3, 0.4) is 0 Å². The molecule has 1 aliphatic rings. The molecular weight excluding hydrogens is 400 g/mol. The van der Waals surface area contributed by atoms with Crippen LogP contribution in [-0.2, 0) is 6.54 Å². The van der Waals surface area contributed by atoms with Gasteiger partial charge in [-0.25, -0.2) is 9.97 Å². The second-order valence-corrected chi connectivity index (χ2v) is 8.02. The second kappa shape index (κ2) is 8.44. The molecular formula is C22H25ClN6O. The monoisotopic (exact) mass is 424 g/mol. The Morgan fingerprint density at radius 1 is 1.23 bits per heavy atom. The number of aryl methyl sites for hydroxylation is 1. The van der Waals surface area contributed by atoms with Crippen molar-refractivity contribution in [2.24, 2.45) is 0 Å². The lowest BCUT2D eigenvalue weighted by molar-refractivity contribution is 0.0726. The Kier molecular flexibility index (Phi) is 5.72. The molecule has 156 valence electrons. The largest absolute Gasteiger partial charge is 0.347 e. The van der Waals surface area contributed by atoms with Crippen molar-refractivity contribution < 1.29 is 4.79 Å². The van der Waals surface area contributed by atoms with Gasteiger partial charge >= 0.3 is 0 Å². The van der Waals surface area contributed by atoms with Gasteiger partial charge in [0.15, 0.2) is 0 Å². The number of amides is 1. The number of anilines is 1. The standard InChI is InChI=1S/C22H25ClN6O/c1-4-28-13-11-18(26-28)21(30)29-12-5-6-19(29)20-17(14-24-22(25-20)27(2)3)15-7-9-16(23)10-8-15/h7-11,13-14,19H,4-6,12H2,1-3H3/t19-/m0/s1. The Morgan fingerprint density at radius 2 is 2.00 bits per heavy atom. The zero-order chi connectivity index (χ0) is 21.3. The molecule has 2 aromatic heterocycles. The summed E-state index contributed by atoms with van der Waals surface area (Å²) in [4.78, 5) is 26.4. The van der Waals surface area contributed by atoms with Crippen LogP contribution in [0.2, 0.25) is 5.02 Å². The number of benzene rings is 1. The van der Waals surface area contributed by atoms with E-state index in [1.807, 2.05) is 67.5 Å². The van der Waals surface area contributed by atoms with E-state index in [-0.39, 0.29) is 11.9 Å². The molecule has 0 unspecified atom stereocenters. The lowest BCUT2D eigenvalue weighted by atomic mass is 9.99. The molecule has 0 spiro atoms. The molecule has 1 atom stereocenters. The van der Waals surface area contributed by atoms with E-state index in [4.69, 9.17) is 16.6 Å². The van der Waals surface area contributed by atoms with Crippen molar-refractivity contribution in [3.05, 3.63) is 59.1 Å². The molecule has 0 radical (unpaired) electrons. The number of aromatic nitrogens is 4. The smallest absolute Gasteiger partial charge is 0.274 e. The molecule has 0 aliphatic carbocycles. The van der Waals surface area contributed by atoms with Gasteiger partial charge in [0.1, 0.15) is 5.69 Å². The maximum Gasteiger partial charge on any atom is 0.274 e. The highest BCUT2D eigenvalue weighted by atomic mass is 35.5. The van der Waals surface area contributed by atoms with Crippen molar-refractivity contribution in [1.29, 1.82) is 0 Å². The molecule has 1 amide bonds. The number of hydrogen-bond donors (Lipinski definition) is 0. The zero-order valence-electron chi connectivity index (χ0n) is 17.4. The van der Waals surface area contributed by atoms with Crippen molar-refractivity contribution in [2.75, 3.05) is 25.5 Å². The van der Waals surface area contributed by atoms with Gasteiger partial charge in [-0.1, -0.05) is 23.7 Å². The minimum atomic E-state index is -0.128. The van der Waals surface area contributed by atoms with Crippen LogP contribution in [0.5, 0.6) is 0 Å². The lowest BCUT2D eigenvalue weighted by Crippen LogP contribution is -2.32. The fourth-order valence-corrected chi connectivity index (χ4v) is 3.93. The van der Waals surface area contributed by atoms with Crippen molar-refractivity contribution in [1.82, 2.24) is 24.6 Å². The number of likely N-dealkylation sites (tertiary alicyclic amines) is 1. The topological polar surface area (TPSA) is 67.2 Å². The number of carbonyl (C=O) groups is 1. The van der Waals surface area contributed by atoms with Crippen LogP contribution >= 0.6 is 11.6 Å². The summed E-state index contributed by atoms with van der Waals surface area (Å²) < 4.78 is 1.77. The first kappa shape index (κ1) is 20.3. The van der Waals surface area contributed by atoms with E-state index in [0.717, 1.165) is 36.2 Å². The van der Waals surface area contributed by atoms with Crippen LogP contribution < -0.4 is 4.90 Å². The van der Waals surface area contributed by atoms with E-state index in [1.54, 1.807) is 10.7 Å². The summed E-state index contributed by atoms with van der Waals surface area (Å²) in [7, 11) is 3.83. The SMILES string of the molecule is CCn1ccc(C(=O)N2CCC[C@H]2c2nc(N(C)C)ncc2-c2ccc(Cl)cc2)n1. The van der Waals surface area contributed by atoms with Crippen molar-refractivity contribution in [3.63, 3.8) is 0 Å². The van der Waals surface area contributed by atoms with Crippen molar-refractivity contribution in [2.45, 2.75) is 32.4 Å². The minimum absolute atomic E-state index is 0.0585. The molecule has 1 fully saturated rings. The van der Waals surface area contributed by atoms with Crippen LogP contribution in [0.4, 0.5) is 5.95 Å². The first-order valence-corrected chi connectivity index (χ1v) is 10.5. The van der Waals surface area contributed by atoms with Gasteiger partial charge in [0.25, 0.3) is 5.91 Å². The van der Waals surface area contributed by atoms with Crippen LogP contribution in [0.25, 0.3) is 11.1 Å². The molecule has 1 aromatic carbocycles. The second-order valence-electron chi connectivity index (χ2n) is 7.58. The molecule has 1 saturated heterocycles. The average Bonchev–Trinajstić information content (AvgIpc) is 3.43. The summed E-state index contributed by atoms with van der Waals surface area (Å²) in [6.45, 7) is 3.42. The third kappa shape index (κ3) is 3.89. The van der Waals surface area contributed by atoms with E-state index >= 15 is 0 Å². The first-order chi connectivity index (χ1) is 14.5. The molecule has 3 aromatic rings. The van der Waals surface area contributed by atoms with E-state index in [0.29, 0.717) is 23.2 Å². The highest BCUT2D eigenvalue weighted by Gasteiger charge is 2.34. The number of rotatable bonds is 5. The fraction of sp³-hybridized carbons (Fsp3) is 0.364. The molecule has 30 heavy (non-hydrogen) atoms. The normalized spacial score (nSPS) is 16.1. The fourth-order valence-electron chi connectivity index (χ4n) is 3.80. The molecule has 3 heterocycles. The Morgan fingerprint density at radius 3 is 2.67 bits per heavy atom. The summed E-state index contributed by atoms with van der Waals surface area (Å²) in [5.74, 6) is 0.564. The molecule has 7 nitrogen and oxygen atoms in total. The predicted molar refractivity (Wildman–Crippen MR) is 118 cm³/mol. The Labute approximate surface area is 181 Å². The molecule has 0 saturated carbocycles. The van der Waals surface area contributed by atoms with Gasteiger partial charge < -0.3 is 9.80 Å². The van der Waals surface area contributed by atoms with E-state index in [2.05, 4.69) is 10.1 Å². The quantitative estimate of drug-likeness (QED) is 0.618. The average molecular weight is 425 g/mol. The number of hydrogen-bond acceptors (Lipinski definition) is 5. The van der Waals surface area contributed by atoms with Crippen LogP contribution in [0, 0.1) is 0 Å². The third-order valence-electron chi connectivity index (χ3n) is 5.37. The van der Waals surface area contributed by atoms with Gasteiger partial charge in [-0.2, -0.15) is 5.10 Å². The molecule has 0 bridgehead atoms. The van der Waals surface area contributed by atoms with Gasteiger partial charge in [-0.05, 0) is 43.5 Å². The van der Waals surface area contributed by atoms with Gasteiger partial charge in [-0.3, -0.25) is 9.48 Å². The van der Waals surface area contributed by atoms with E-state index < -0.39 is 0 Å². The molecule has 8 heteroatoms. The maximum absolute atomic E-state index is 13.3. The molecule has 1 aliphatic heterocycles. The number of nitrogens with zero attached hydrogens (tertiary/aromatic N) is 6. The summed E-state index contributed by atoms with van der Waals surface area (Å²) >= 11 is 6.08. The summed E-state index contributed by atoms with van der Waals surface area (Å²) in [5.41, 5.74) is 3.23. The summed E-state index contributed by atoms with van der Waals surface area (Å²) in [6, 6.07) is 9.29. The lowest BCUT2D eigenvalue weighted by Gasteiger charge is -2.26. The van der Waals surface area contributed by atoms with Gasteiger partial charge in [0, 0.05) is 50.2 Å². The number of halogens is 1. The Bertz CT molecular complexity index is 1050. The van der Waals surface area contributed by atoms with Crippen LogP contribution in [0.1, 0.15) is 42.0 Å². The van der Waals surface area contributed by atoms with Crippen molar-refractivity contribution in [3.8, 4) is 11.1 Å². The minimum Gasteiger partial charge on any atom is -0.347 e. The van der Waals surface area contributed by atoms with Gasteiger partial charge in [0.2, 0.25) is 5.95 Å². The summed E-state index contributed by atoms with van der Waals surface area (Å²) in [6.07, 6.45) is 5.46. The summed E-state index contributed by atoms with van der Waals surface area (Å²) in [5, 5.41) is 5.08. The zero-order valence-corrected chi connectivity index (χ0v) is 18.2. The highest BCUT2D eigenvalue weighted by Crippen LogP contribution is 2.38. The van der Waals surface area contributed by atoms with E-state index in [9.17, 15) is 4.79 Å². The Balaban J connectivity index is 1.75.